The van der Waals surface area contributed by atoms with Gasteiger partial charge in [-0.1, -0.05) is 30.3 Å². The number of nitrogens with one attached hydrogen (secondary N) is 2. The van der Waals surface area contributed by atoms with E-state index in [9.17, 15) is 19.5 Å². The van der Waals surface area contributed by atoms with Gasteiger partial charge in [0.25, 0.3) is 0 Å². The first-order valence-corrected chi connectivity index (χ1v) is 10.8. The van der Waals surface area contributed by atoms with Gasteiger partial charge < -0.3 is 15.7 Å². The van der Waals surface area contributed by atoms with Crippen LogP contribution < -0.4 is 10.6 Å². The fraction of sp³-hybridized carbons (Fsp3) is 0.364. The first-order valence-electron chi connectivity index (χ1n) is 10.0. The van der Waals surface area contributed by atoms with Gasteiger partial charge in [0.15, 0.2) is 0 Å². The molecule has 1 aliphatic rings. The highest BCUT2D eigenvalue weighted by molar-refractivity contribution is 7.12. The molecule has 0 bridgehead atoms. The van der Waals surface area contributed by atoms with E-state index in [0.717, 1.165) is 15.3 Å². The summed E-state index contributed by atoms with van der Waals surface area (Å²) < 4.78 is 0. The second-order valence-electron chi connectivity index (χ2n) is 7.45. The van der Waals surface area contributed by atoms with Crippen LogP contribution in [0, 0.1) is 11.3 Å². The van der Waals surface area contributed by atoms with E-state index in [1.807, 2.05) is 36.4 Å². The van der Waals surface area contributed by atoms with Crippen molar-refractivity contribution in [2.75, 3.05) is 6.54 Å². The molecular weight excluding hydrogens is 416 g/mol. The second-order valence-corrected chi connectivity index (χ2v) is 8.62. The molecule has 162 valence electrons. The Hall–Kier alpha value is -3.38. The third-order valence-corrected chi connectivity index (χ3v) is 6.37. The first kappa shape index (κ1) is 22.3. The molecule has 3 amide bonds. The molecule has 1 aromatic heterocycles. The summed E-state index contributed by atoms with van der Waals surface area (Å²) in [6.07, 6.45) is -0.140. The van der Waals surface area contributed by atoms with Gasteiger partial charge >= 0.3 is 6.09 Å². The van der Waals surface area contributed by atoms with Crippen LogP contribution in [0.4, 0.5) is 4.79 Å². The molecule has 0 aliphatic carbocycles. The van der Waals surface area contributed by atoms with Gasteiger partial charge in [-0.15, -0.1) is 11.3 Å². The number of likely N-dealkylation sites (tertiary alicyclic amines) is 1. The highest BCUT2D eigenvalue weighted by Crippen LogP contribution is 2.31. The quantitative estimate of drug-likeness (QED) is 0.637. The minimum Gasteiger partial charge on any atom is -0.465 e. The van der Waals surface area contributed by atoms with E-state index in [-0.39, 0.29) is 24.9 Å². The van der Waals surface area contributed by atoms with Gasteiger partial charge in [0.2, 0.25) is 11.8 Å². The third-order valence-electron chi connectivity index (χ3n) is 5.38. The minimum absolute atomic E-state index is 0.0739. The Bertz CT molecular complexity index is 985. The molecule has 0 radical (unpaired) electrons. The zero-order chi connectivity index (χ0) is 22.4. The van der Waals surface area contributed by atoms with Crippen molar-refractivity contribution in [3.8, 4) is 6.07 Å². The largest absolute Gasteiger partial charge is 0.465 e. The maximum Gasteiger partial charge on any atom is 0.407 e. The lowest BCUT2D eigenvalue weighted by molar-refractivity contribution is -0.132. The van der Waals surface area contributed by atoms with Crippen LogP contribution in [0.2, 0.25) is 0 Å². The van der Waals surface area contributed by atoms with E-state index in [4.69, 9.17) is 5.26 Å². The minimum atomic E-state index is -1.14. The molecule has 31 heavy (non-hydrogen) atoms. The summed E-state index contributed by atoms with van der Waals surface area (Å²) in [7, 11) is 0. The number of hydrogen-bond acceptors (Lipinski definition) is 5. The molecule has 1 fully saturated rings. The van der Waals surface area contributed by atoms with Crippen molar-refractivity contribution in [2.24, 2.45) is 0 Å². The number of carboxylic acid groups (broad SMARTS) is 1. The number of nitrogens with zero attached hydrogens (tertiary/aromatic N) is 2. The molecule has 2 heterocycles. The number of rotatable bonds is 6. The molecule has 0 unspecified atom stereocenters. The third kappa shape index (κ3) is 5.61. The Kier molecular flexibility index (Phi) is 7.26. The number of nitriles is 1. The Morgan fingerprint density at radius 1 is 1.26 bits per heavy atom. The molecule has 1 aliphatic heterocycles. The van der Waals surface area contributed by atoms with Crippen LogP contribution in [-0.2, 0) is 16.1 Å². The van der Waals surface area contributed by atoms with Crippen molar-refractivity contribution in [3.05, 3.63) is 57.8 Å². The number of piperidine rings is 1. The summed E-state index contributed by atoms with van der Waals surface area (Å²) >= 11 is 1.29. The van der Waals surface area contributed by atoms with Crippen LogP contribution in [0.15, 0.2) is 42.5 Å². The summed E-state index contributed by atoms with van der Waals surface area (Å²) in [6, 6.07) is 13.5. The van der Waals surface area contributed by atoms with Crippen LogP contribution >= 0.6 is 11.3 Å². The fourth-order valence-electron chi connectivity index (χ4n) is 3.71. The topological polar surface area (TPSA) is 123 Å². The summed E-state index contributed by atoms with van der Waals surface area (Å²) in [5.41, 5.74) is 1.07. The van der Waals surface area contributed by atoms with E-state index < -0.39 is 24.1 Å². The number of amides is 3. The van der Waals surface area contributed by atoms with Gasteiger partial charge in [0.1, 0.15) is 23.0 Å². The van der Waals surface area contributed by atoms with Crippen LogP contribution in [0.3, 0.4) is 0 Å². The normalized spacial score (nSPS) is 19.2. The van der Waals surface area contributed by atoms with Gasteiger partial charge in [0.05, 0.1) is 6.54 Å². The van der Waals surface area contributed by atoms with Crippen molar-refractivity contribution in [1.82, 2.24) is 15.5 Å². The predicted molar refractivity (Wildman–Crippen MR) is 115 cm³/mol. The summed E-state index contributed by atoms with van der Waals surface area (Å²) in [4.78, 5) is 39.5. The summed E-state index contributed by atoms with van der Waals surface area (Å²) in [5, 5.41) is 23.8. The van der Waals surface area contributed by atoms with Gasteiger partial charge in [-0.2, -0.15) is 5.26 Å². The van der Waals surface area contributed by atoms with Gasteiger partial charge in [0, 0.05) is 11.4 Å². The lowest BCUT2D eigenvalue weighted by Gasteiger charge is -2.37. The molecule has 1 saturated heterocycles. The maximum absolute atomic E-state index is 12.9. The zero-order valence-corrected chi connectivity index (χ0v) is 17.9. The van der Waals surface area contributed by atoms with Crippen molar-refractivity contribution in [1.29, 1.82) is 5.26 Å². The lowest BCUT2D eigenvalue weighted by atomic mass is 9.85. The van der Waals surface area contributed by atoms with Crippen molar-refractivity contribution < 1.29 is 19.5 Å². The Balaban J connectivity index is 1.60. The first-order chi connectivity index (χ1) is 14.9. The molecule has 9 heteroatoms. The number of hydrogen-bond donors (Lipinski definition) is 3. The van der Waals surface area contributed by atoms with Crippen LogP contribution in [0.1, 0.15) is 41.0 Å². The molecule has 8 nitrogen and oxygen atoms in total. The maximum atomic E-state index is 12.9. The number of carbonyl (C=O) groups excluding carboxylic acids is 2. The number of benzene rings is 1. The predicted octanol–water partition coefficient (Wildman–Crippen LogP) is 2.67. The summed E-state index contributed by atoms with van der Waals surface area (Å²) in [6.45, 7) is 2.07. The van der Waals surface area contributed by atoms with Crippen molar-refractivity contribution >= 4 is 29.2 Å². The molecule has 3 rings (SSSR count). The number of carbonyl (C=O) groups is 3. The van der Waals surface area contributed by atoms with E-state index in [1.165, 1.54) is 11.3 Å². The standard InChI is InChI=1S/C22H24N4O4S/c1-14(20(27)24-13-18-8-7-17(12-23)31-18)25-21(28)19-11-16(9-10-26(19)22(29)30)15-5-3-2-4-6-15/h2-8,14,16,19H,9-11,13H2,1H3,(H,24,27)(H,25,28)(H,29,30)/t14-,16-,19+/m0/s1. The monoisotopic (exact) mass is 440 g/mol. The molecular formula is C22H24N4O4S. The van der Waals surface area contributed by atoms with Crippen LogP contribution in [0.25, 0.3) is 0 Å². The molecule has 2 aromatic rings. The average Bonchev–Trinajstić information content (AvgIpc) is 3.25. The van der Waals surface area contributed by atoms with E-state index >= 15 is 0 Å². The van der Waals surface area contributed by atoms with E-state index in [0.29, 0.717) is 17.7 Å². The van der Waals surface area contributed by atoms with Gasteiger partial charge in [-0.25, -0.2) is 4.79 Å². The lowest BCUT2D eigenvalue weighted by Crippen LogP contribution is -2.56. The zero-order valence-electron chi connectivity index (χ0n) is 17.1. The average molecular weight is 441 g/mol. The summed E-state index contributed by atoms with van der Waals surface area (Å²) in [5.74, 6) is -0.782. The highest BCUT2D eigenvalue weighted by atomic mass is 32.1. The SMILES string of the molecule is C[C@H](NC(=O)[C@H]1C[C@@H](c2ccccc2)CCN1C(=O)O)C(=O)NCc1ccc(C#N)s1. The number of thiophene rings is 1. The molecule has 1 aromatic carbocycles. The van der Waals surface area contributed by atoms with Gasteiger partial charge in [-0.05, 0) is 43.4 Å². The Morgan fingerprint density at radius 2 is 2.00 bits per heavy atom. The Morgan fingerprint density at radius 3 is 2.65 bits per heavy atom. The highest BCUT2D eigenvalue weighted by Gasteiger charge is 2.37. The van der Waals surface area contributed by atoms with Crippen molar-refractivity contribution in [2.45, 2.75) is 44.3 Å². The van der Waals surface area contributed by atoms with Crippen LogP contribution in [-0.4, -0.2) is 46.5 Å². The van der Waals surface area contributed by atoms with Gasteiger partial charge in [-0.3, -0.25) is 14.5 Å². The van der Waals surface area contributed by atoms with Crippen molar-refractivity contribution in [3.63, 3.8) is 0 Å². The smallest absolute Gasteiger partial charge is 0.407 e. The Labute approximate surface area is 184 Å². The van der Waals surface area contributed by atoms with E-state index in [2.05, 4.69) is 10.6 Å². The molecule has 3 atom stereocenters. The molecule has 0 saturated carbocycles. The molecule has 0 spiro atoms. The fourth-order valence-corrected chi connectivity index (χ4v) is 4.45. The van der Waals surface area contributed by atoms with E-state index in [1.54, 1.807) is 19.1 Å². The van der Waals surface area contributed by atoms with Crippen LogP contribution in [0.5, 0.6) is 0 Å². The molecule has 3 N–H and O–H groups in total. The second kappa shape index (κ2) is 10.1.